The van der Waals surface area contributed by atoms with E-state index in [2.05, 4.69) is 51.4 Å². The molecule has 0 saturated carbocycles. The van der Waals surface area contributed by atoms with Gasteiger partial charge >= 0.3 is 0 Å². The zero-order valence-corrected chi connectivity index (χ0v) is 23.3. The van der Waals surface area contributed by atoms with E-state index in [1.807, 2.05) is 0 Å². The molecule has 0 aromatic heterocycles. The maximum atomic E-state index is 6.31. The van der Waals surface area contributed by atoms with Crippen molar-refractivity contribution in [1.29, 1.82) is 0 Å². The van der Waals surface area contributed by atoms with Gasteiger partial charge in [0.1, 0.15) is 6.10 Å². The Bertz CT molecular complexity index is 485. The Morgan fingerprint density at radius 2 is 1.21 bits per heavy atom. The molecule has 1 rings (SSSR count). The van der Waals surface area contributed by atoms with Crippen molar-refractivity contribution in [3.05, 3.63) is 0 Å². The number of ether oxygens (including phenoxy) is 1. The third-order valence-electron chi connectivity index (χ3n) is 7.40. The number of piperidine rings is 1. The van der Waals surface area contributed by atoms with Gasteiger partial charge in [-0.1, -0.05) is 117 Å². The number of hydrogen-bond acceptors (Lipinski definition) is 2. The van der Waals surface area contributed by atoms with E-state index in [9.17, 15) is 0 Å². The largest absolute Gasteiger partial charge is 0.362 e. The van der Waals surface area contributed by atoms with Gasteiger partial charge in [-0.25, -0.2) is 0 Å². The van der Waals surface area contributed by atoms with Gasteiger partial charge < -0.3 is 9.64 Å². The maximum absolute atomic E-state index is 6.31. The molecule has 0 spiro atoms. The molecule has 1 heterocycles. The summed E-state index contributed by atoms with van der Waals surface area (Å²) >= 11 is 0. The van der Waals surface area contributed by atoms with E-state index in [1.165, 1.54) is 129 Å². The second-order valence-electron chi connectivity index (χ2n) is 10.9. The van der Waals surface area contributed by atoms with Gasteiger partial charge in [-0.15, -0.1) is 0 Å². The summed E-state index contributed by atoms with van der Waals surface area (Å²) in [6.07, 6.45) is 23.5. The quantitative estimate of drug-likeness (QED) is 0.140. The minimum absolute atomic E-state index is 0.0737. The standard InChI is InChI=1S/C31H59NO/c1-6-9-12-14-17-20-30(19-16-13-10-7-2)27-32-25-23-31(24-26-32)33-29(5)22-21-28(4)18-15-11-8-3/h28-31H,6-20,23-27H2,1-5H3/t28?,29-,30?/m1/s1. The second-order valence-corrected chi connectivity index (χ2v) is 10.9. The van der Waals surface area contributed by atoms with Crippen molar-refractivity contribution in [2.75, 3.05) is 19.6 Å². The summed E-state index contributed by atoms with van der Waals surface area (Å²) in [6, 6.07) is 0. The van der Waals surface area contributed by atoms with Gasteiger partial charge in [-0.05, 0) is 44.9 Å². The Labute approximate surface area is 209 Å². The molecule has 1 aliphatic rings. The van der Waals surface area contributed by atoms with E-state index in [4.69, 9.17) is 4.74 Å². The second kappa shape index (κ2) is 20.8. The van der Waals surface area contributed by atoms with Crippen LogP contribution in [0, 0.1) is 23.7 Å². The number of nitrogens with zero attached hydrogens (tertiary/aromatic N) is 1. The number of hydrogen-bond donors (Lipinski definition) is 0. The molecule has 0 N–H and O–H groups in total. The molecule has 2 nitrogen and oxygen atoms in total. The molecule has 0 aromatic carbocycles. The van der Waals surface area contributed by atoms with Crippen LogP contribution in [-0.4, -0.2) is 36.7 Å². The van der Waals surface area contributed by atoms with E-state index in [-0.39, 0.29) is 6.10 Å². The first-order valence-corrected chi connectivity index (χ1v) is 15.0. The molecule has 2 heteroatoms. The summed E-state index contributed by atoms with van der Waals surface area (Å²) in [4.78, 5) is 2.74. The molecule has 1 aliphatic heterocycles. The smallest absolute Gasteiger partial charge is 0.115 e. The van der Waals surface area contributed by atoms with Crippen LogP contribution < -0.4 is 0 Å². The highest BCUT2D eigenvalue weighted by molar-refractivity contribution is 5.06. The monoisotopic (exact) mass is 461 g/mol. The number of likely N-dealkylation sites (tertiary alicyclic amines) is 1. The third-order valence-corrected chi connectivity index (χ3v) is 7.40. The fourth-order valence-electron chi connectivity index (χ4n) is 5.17. The van der Waals surface area contributed by atoms with Crippen LogP contribution in [0.1, 0.15) is 144 Å². The van der Waals surface area contributed by atoms with Gasteiger partial charge in [0.25, 0.3) is 0 Å². The summed E-state index contributed by atoms with van der Waals surface area (Å²) < 4.78 is 6.31. The predicted octanol–water partition coefficient (Wildman–Crippen LogP) is 9.02. The van der Waals surface area contributed by atoms with Crippen molar-refractivity contribution in [3.63, 3.8) is 0 Å². The van der Waals surface area contributed by atoms with Crippen molar-refractivity contribution >= 4 is 0 Å². The molecule has 194 valence electrons. The molecule has 3 atom stereocenters. The zero-order valence-electron chi connectivity index (χ0n) is 23.3. The van der Waals surface area contributed by atoms with Crippen molar-refractivity contribution in [2.45, 2.75) is 156 Å². The van der Waals surface area contributed by atoms with Gasteiger partial charge in [-0.3, -0.25) is 0 Å². The Balaban J connectivity index is 2.33. The molecule has 0 aromatic rings. The average molecular weight is 462 g/mol. The SMILES string of the molecule is CCCCCCCC(CCCCCC)CN1CCC(O[C@H](C)C#CC(C)CCCCC)CC1. The van der Waals surface area contributed by atoms with Crippen LogP contribution in [0.3, 0.4) is 0 Å². The lowest BCUT2D eigenvalue weighted by Crippen LogP contribution is -2.40. The van der Waals surface area contributed by atoms with Gasteiger partial charge in [0.2, 0.25) is 0 Å². The van der Waals surface area contributed by atoms with Crippen LogP contribution in [0.2, 0.25) is 0 Å². The summed E-state index contributed by atoms with van der Waals surface area (Å²) in [5.74, 6) is 8.23. The molecule has 2 unspecified atom stereocenters. The van der Waals surface area contributed by atoms with Crippen LogP contribution in [0.25, 0.3) is 0 Å². The summed E-state index contributed by atoms with van der Waals surface area (Å²) in [5.41, 5.74) is 0. The number of rotatable bonds is 19. The van der Waals surface area contributed by atoms with E-state index >= 15 is 0 Å². The van der Waals surface area contributed by atoms with Crippen molar-refractivity contribution in [2.24, 2.45) is 11.8 Å². The van der Waals surface area contributed by atoms with Gasteiger partial charge in [-0.2, -0.15) is 0 Å². The molecule has 33 heavy (non-hydrogen) atoms. The minimum atomic E-state index is 0.0737. The van der Waals surface area contributed by atoms with E-state index < -0.39 is 0 Å². The minimum Gasteiger partial charge on any atom is -0.362 e. The van der Waals surface area contributed by atoms with Gasteiger partial charge in [0.15, 0.2) is 0 Å². The fourth-order valence-corrected chi connectivity index (χ4v) is 5.17. The summed E-state index contributed by atoms with van der Waals surface area (Å²) in [5, 5.41) is 0. The first kappa shape index (κ1) is 30.5. The molecule has 0 amide bonds. The molecule has 1 saturated heterocycles. The Morgan fingerprint density at radius 1 is 0.697 bits per heavy atom. The highest BCUT2D eigenvalue weighted by atomic mass is 16.5. The first-order chi connectivity index (χ1) is 16.1. The Kier molecular flexibility index (Phi) is 19.2. The van der Waals surface area contributed by atoms with Crippen molar-refractivity contribution < 1.29 is 4.74 Å². The molecule has 0 aliphatic carbocycles. The molecule has 0 radical (unpaired) electrons. The first-order valence-electron chi connectivity index (χ1n) is 15.0. The summed E-state index contributed by atoms with van der Waals surface area (Å²) in [6.45, 7) is 15.0. The summed E-state index contributed by atoms with van der Waals surface area (Å²) in [7, 11) is 0. The van der Waals surface area contributed by atoms with Crippen LogP contribution in [-0.2, 0) is 4.74 Å². The van der Waals surface area contributed by atoms with Crippen molar-refractivity contribution in [3.8, 4) is 11.8 Å². The van der Waals surface area contributed by atoms with Crippen molar-refractivity contribution in [1.82, 2.24) is 4.90 Å². The predicted molar refractivity (Wildman–Crippen MR) is 147 cm³/mol. The normalized spacial score (nSPS) is 18.0. The third kappa shape index (κ3) is 16.7. The molecule has 1 fully saturated rings. The van der Waals surface area contributed by atoms with Gasteiger partial charge in [0, 0.05) is 25.6 Å². The van der Waals surface area contributed by atoms with E-state index in [1.54, 1.807) is 0 Å². The fraction of sp³-hybridized carbons (Fsp3) is 0.935. The topological polar surface area (TPSA) is 12.5 Å². The van der Waals surface area contributed by atoms with Crippen LogP contribution in [0.5, 0.6) is 0 Å². The van der Waals surface area contributed by atoms with E-state index in [0.29, 0.717) is 12.0 Å². The van der Waals surface area contributed by atoms with Crippen LogP contribution in [0.15, 0.2) is 0 Å². The average Bonchev–Trinajstić information content (AvgIpc) is 2.81. The van der Waals surface area contributed by atoms with Crippen LogP contribution >= 0.6 is 0 Å². The van der Waals surface area contributed by atoms with Crippen LogP contribution in [0.4, 0.5) is 0 Å². The highest BCUT2D eigenvalue weighted by Gasteiger charge is 2.23. The molecular weight excluding hydrogens is 402 g/mol. The molecule has 0 bridgehead atoms. The molecular formula is C31H59NO. The Morgan fingerprint density at radius 3 is 1.82 bits per heavy atom. The zero-order chi connectivity index (χ0) is 24.2. The lowest BCUT2D eigenvalue weighted by molar-refractivity contribution is -0.0146. The number of unbranched alkanes of at least 4 members (excludes halogenated alkanes) is 9. The lowest BCUT2D eigenvalue weighted by Gasteiger charge is -2.35. The lowest BCUT2D eigenvalue weighted by atomic mass is 9.93. The van der Waals surface area contributed by atoms with Gasteiger partial charge in [0.05, 0.1) is 6.10 Å². The highest BCUT2D eigenvalue weighted by Crippen LogP contribution is 2.23. The Hall–Kier alpha value is -0.520. The maximum Gasteiger partial charge on any atom is 0.115 e. The van der Waals surface area contributed by atoms with E-state index in [0.717, 1.165) is 5.92 Å².